The highest BCUT2D eigenvalue weighted by molar-refractivity contribution is 8.06. The van der Waals surface area contributed by atoms with Crippen LogP contribution >= 0.6 is 11.8 Å². The second kappa shape index (κ2) is 7.05. The van der Waals surface area contributed by atoms with E-state index in [0.29, 0.717) is 24.2 Å². The Hall–Kier alpha value is -3.68. The van der Waals surface area contributed by atoms with Gasteiger partial charge in [0.2, 0.25) is 5.91 Å². The van der Waals surface area contributed by atoms with Gasteiger partial charge in [-0.25, -0.2) is 0 Å². The van der Waals surface area contributed by atoms with Gasteiger partial charge < -0.3 is 16.4 Å². The summed E-state index contributed by atoms with van der Waals surface area (Å²) in [6.07, 6.45) is 0.633. The van der Waals surface area contributed by atoms with Crippen molar-refractivity contribution in [2.24, 2.45) is 11.5 Å². The highest BCUT2D eigenvalue weighted by Crippen LogP contribution is 2.55. The molecule has 1 amide bonds. The maximum Gasteiger partial charge on any atom is 0.248 e. The molecule has 2 heterocycles. The minimum Gasteiger partial charge on any atom is -0.392 e. The van der Waals surface area contributed by atoms with Gasteiger partial charge in [0.1, 0.15) is 0 Å². The van der Waals surface area contributed by atoms with Crippen molar-refractivity contribution >= 4 is 23.4 Å². The number of thioether (sulfide) groups is 1. The predicted molar refractivity (Wildman–Crippen MR) is 112 cm³/mol. The van der Waals surface area contributed by atoms with Crippen LogP contribution < -0.4 is 16.4 Å². The fourth-order valence-corrected chi connectivity index (χ4v) is 4.88. The van der Waals surface area contributed by atoms with Crippen LogP contribution in [0.15, 0.2) is 75.8 Å². The summed E-state index contributed by atoms with van der Waals surface area (Å²) < 4.78 is 0. The first-order valence-electron chi connectivity index (χ1n) is 8.99. The van der Waals surface area contributed by atoms with E-state index in [0.717, 1.165) is 17.3 Å². The Morgan fingerprint density at radius 2 is 1.52 bits per heavy atom. The molecule has 0 radical (unpaired) electrons. The SMILES string of the molecule is N#CC1=C(N)SC(N)=C(C#N)C12C(=O)N(CCc1ccccc1)c1ccccc12. The van der Waals surface area contributed by atoms with Crippen molar-refractivity contribution < 1.29 is 4.79 Å². The Morgan fingerprint density at radius 1 is 0.931 bits per heavy atom. The van der Waals surface area contributed by atoms with Crippen molar-refractivity contribution in [1.29, 1.82) is 10.5 Å². The van der Waals surface area contributed by atoms with Crippen molar-refractivity contribution in [1.82, 2.24) is 0 Å². The zero-order chi connectivity index (χ0) is 20.6. The summed E-state index contributed by atoms with van der Waals surface area (Å²) in [5, 5.41) is 20.1. The first kappa shape index (κ1) is 18.7. The predicted octanol–water partition coefficient (Wildman–Crippen LogP) is 2.65. The quantitative estimate of drug-likeness (QED) is 0.819. The van der Waals surface area contributed by atoms with Gasteiger partial charge in [-0.15, -0.1) is 0 Å². The molecule has 2 aliphatic rings. The van der Waals surface area contributed by atoms with Crippen molar-refractivity contribution in [3.8, 4) is 12.1 Å². The van der Waals surface area contributed by atoms with Gasteiger partial charge in [0.25, 0.3) is 0 Å². The smallest absolute Gasteiger partial charge is 0.248 e. The molecule has 0 aromatic heterocycles. The van der Waals surface area contributed by atoms with Gasteiger partial charge in [-0.3, -0.25) is 4.79 Å². The number of benzene rings is 2. The lowest BCUT2D eigenvalue weighted by molar-refractivity contribution is -0.120. The summed E-state index contributed by atoms with van der Waals surface area (Å²) in [4.78, 5) is 15.5. The number of nitrogens with zero attached hydrogens (tertiary/aromatic N) is 3. The molecule has 0 saturated heterocycles. The minimum atomic E-state index is -1.59. The molecule has 142 valence electrons. The van der Waals surface area contributed by atoms with Crippen molar-refractivity contribution in [2.45, 2.75) is 11.8 Å². The van der Waals surface area contributed by atoms with Gasteiger partial charge in [0.15, 0.2) is 5.41 Å². The van der Waals surface area contributed by atoms with Gasteiger partial charge in [0, 0.05) is 17.8 Å². The van der Waals surface area contributed by atoms with E-state index in [1.54, 1.807) is 17.0 Å². The molecule has 4 N–H and O–H groups in total. The Labute approximate surface area is 172 Å². The average molecular weight is 399 g/mol. The van der Waals surface area contributed by atoms with E-state index >= 15 is 0 Å². The summed E-state index contributed by atoms with van der Waals surface area (Å²) in [6.45, 7) is 0.409. The molecule has 0 saturated carbocycles. The summed E-state index contributed by atoms with van der Waals surface area (Å²) in [5.41, 5.74) is 13.1. The first-order chi connectivity index (χ1) is 14.1. The number of carbonyl (C=O) groups excluding carboxylic acids is 1. The maximum absolute atomic E-state index is 13.8. The van der Waals surface area contributed by atoms with E-state index in [-0.39, 0.29) is 27.1 Å². The molecule has 2 aromatic rings. The molecule has 29 heavy (non-hydrogen) atoms. The molecule has 7 heteroatoms. The van der Waals surface area contributed by atoms with Crippen LogP contribution in [0.1, 0.15) is 11.1 Å². The zero-order valence-electron chi connectivity index (χ0n) is 15.4. The van der Waals surface area contributed by atoms with Crippen molar-refractivity contribution in [2.75, 3.05) is 11.4 Å². The largest absolute Gasteiger partial charge is 0.392 e. The third kappa shape index (κ3) is 2.60. The fraction of sp³-hybridized carbons (Fsp3) is 0.136. The van der Waals surface area contributed by atoms with Gasteiger partial charge in [0.05, 0.1) is 33.3 Å². The van der Waals surface area contributed by atoms with Crippen LogP contribution in [0, 0.1) is 22.7 Å². The number of hydrogen-bond donors (Lipinski definition) is 2. The van der Waals surface area contributed by atoms with Crippen LogP contribution in [0.3, 0.4) is 0 Å². The Kier molecular flexibility index (Phi) is 4.54. The van der Waals surface area contributed by atoms with E-state index in [2.05, 4.69) is 12.1 Å². The Morgan fingerprint density at radius 3 is 2.14 bits per heavy atom. The molecule has 1 spiro atoms. The minimum absolute atomic E-state index is 0.0629. The second-order valence-corrected chi connectivity index (χ2v) is 7.85. The monoisotopic (exact) mass is 399 g/mol. The molecule has 0 atom stereocenters. The fourth-order valence-electron chi connectivity index (χ4n) is 4.04. The number of amides is 1. The zero-order valence-corrected chi connectivity index (χ0v) is 16.2. The van der Waals surface area contributed by atoms with E-state index < -0.39 is 5.41 Å². The average Bonchev–Trinajstić information content (AvgIpc) is 2.97. The Bertz CT molecular complexity index is 1120. The van der Waals surface area contributed by atoms with Gasteiger partial charge in [-0.1, -0.05) is 60.3 Å². The molecule has 6 nitrogen and oxygen atoms in total. The third-order valence-electron chi connectivity index (χ3n) is 5.32. The number of rotatable bonds is 3. The van der Waals surface area contributed by atoms with Crippen LogP contribution in [0.25, 0.3) is 0 Å². The first-order valence-corrected chi connectivity index (χ1v) is 9.81. The highest BCUT2D eigenvalue weighted by Gasteiger charge is 2.59. The summed E-state index contributed by atoms with van der Waals surface area (Å²) in [7, 11) is 0. The number of anilines is 1. The normalized spacial score (nSPS) is 17.3. The summed E-state index contributed by atoms with van der Waals surface area (Å²) in [6, 6.07) is 21.2. The molecule has 0 unspecified atom stereocenters. The van der Waals surface area contributed by atoms with Crippen LogP contribution in [-0.4, -0.2) is 12.5 Å². The molecule has 0 bridgehead atoms. The van der Waals surface area contributed by atoms with E-state index in [1.807, 2.05) is 42.5 Å². The van der Waals surface area contributed by atoms with E-state index in [9.17, 15) is 15.3 Å². The number of para-hydroxylation sites is 1. The Balaban J connectivity index is 1.89. The van der Waals surface area contributed by atoms with Gasteiger partial charge in [-0.2, -0.15) is 10.5 Å². The molecular weight excluding hydrogens is 382 g/mol. The lowest BCUT2D eigenvalue weighted by atomic mass is 9.70. The summed E-state index contributed by atoms with van der Waals surface area (Å²) in [5.74, 6) is -0.367. The molecule has 2 aliphatic heterocycles. The number of nitriles is 2. The number of nitrogens with two attached hydrogens (primary N) is 2. The molecule has 2 aromatic carbocycles. The maximum atomic E-state index is 13.8. The molecule has 0 aliphatic carbocycles. The number of hydrogen-bond acceptors (Lipinski definition) is 6. The van der Waals surface area contributed by atoms with E-state index in [1.165, 1.54) is 0 Å². The third-order valence-corrected chi connectivity index (χ3v) is 6.17. The van der Waals surface area contributed by atoms with Crippen molar-refractivity contribution in [3.05, 3.63) is 86.9 Å². The van der Waals surface area contributed by atoms with Crippen LogP contribution in [-0.2, 0) is 16.6 Å². The lowest BCUT2D eigenvalue weighted by Crippen LogP contribution is -2.46. The molecular formula is C22H17N5OS. The van der Waals surface area contributed by atoms with Gasteiger partial charge >= 0.3 is 0 Å². The second-order valence-electron chi connectivity index (χ2n) is 6.76. The summed E-state index contributed by atoms with van der Waals surface area (Å²) >= 11 is 0.955. The lowest BCUT2D eigenvalue weighted by Gasteiger charge is -2.32. The number of carbonyl (C=O) groups is 1. The van der Waals surface area contributed by atoms with Crippen molar-refractivity contribution in [3.63, 3.8) is 0 Å². The van der Waals surface area contributed by atoms with E-state index in [4.69, 9.17) is 11.5 Å². The van der Waals surface area contributed by atoms with Crippen LogP contribution in [0.4, 0.5) is 5.69 Å². The highest BCUT2D eigenvalue weighted by atomic mass is 32.2. The number of fused-ring (bicyclic) bond motifs is 2. The van der Waals surface area contributed by atoms with Gasteiger partial charge in [-0.05, 0) is 18.1 Å². The van der Waals surface area contributed by atoms with Crippen LogP contribution in [0.5, 0.6) is 0 Å². The molecule has 0 fully saturated rings. The topological polar surface area (TPSA) is 120 Å². The molecule has 4 rings (SSSR count). The van der Waals surface area contributed by atoms with Crippen LogP contribution in [0.2, 0.25) is 0 Å². The standard InChI is InChI=1S/C22H17N5OS/c23-12-16-19(25)29-20(26)17(13-24)22(16)15-8-4-5-9-18(15)27(21(22)28)11-10-14-6-2-1-3-7-14/h1-9H,10-11,25-26H2.